The molecule has 0 radical (unpaired) electrons. The Labute approximate surface area is 184 Å². The van der Waals surface area contributed by atoms with E-state index in [9.17, 15) is 5.21 Å². The average molecular weight is 423 g/mol. The number of nitrogens with zero attached hydrogens (tertiary/aromatic N) is 2. The van der Waals surface area contributed by atoms with Crippen LogP contribution in [-0.4, -0.2) is 18.1 Å². The second-order valence-corrected chi connectivity index (χ2v) is 8.36. The second-order valence-electron chi connectivity index (χ2n) is 8.36. The minimum Gasteiger partial charge on any atom is -0.754 e. The summed E-state index contributed by atoms with van der Waals surface area (Å²) < 4.78 is 6.11. The van der Waals surface area contributed by atoms with Gasteiger partial charge in [0.15, 0.2) is 0 Å². The van der Waals surface area contributed by atoms with Crippen molar-refractivity contribution in [3.05, 3.63) is 11.3 Å². The molecule has 1 rings (SSSR count). The number of anilines is 2. The highest BCUT2D eigenvalue weighted by molar-refractivity contribution is 5.36. The Morgan fingerprint density at radius 1 is 0.833 bits per heavy atom. The van der Waals surface area contributed by atoms with Gasteiger partial charge in [-0.25, -0.2) is 4.73 Å². The number of unbranched alkanes of at least 4 members (excludes halogenated alkanes) is 14. The van der Waals surface area contributed by atoms with Crippen molar-refractivity contribution >= 4 is 11.8 Å². The van der Waals surface area contributed by atoms with E-state index in [1.807, 2.05) is 6.92 Å². The van der Waals surface area contributed by atoms with Gasteiger partial charge in [-0.15, -0.1) is 0 Å². The average Bonchev–Trinajstić information content (AvgIpc) is 2.74. The maximum atomic E-state index is 12.0. The van der Waals surface area contributed by atoms with E-state index >= 15 is 0 Å². The zero-order valence-electron chi connectivity index (χ0n) is 19.6. The third kappa shape index (κ3) is 12.8. The molecule has 6 nitrogen and oxygen atoms in total. The van der Waals surface area contributed by atoms with Crippen LogP contribution in [0.4, 0.5) is 11.8 Å². The van der Waals surface area contributed by atoms with E-state index in [-0.39, 0.29) is 5.95 Å². The van der Waals surface area contributed by atoms with Crippen LogP contribution in [0.1, 0.15) is 117 Å². The number of nitrogens with two attached hydrogens (primary N) is 1. The molecule has 0 saturated heterocycles. The summed E-state index contributed by atoms with van der Waals surface area (Å²) in [4.78, 5) is 3.96. The Kier molecular flexibility index (Phi) is 15.9. The zero-order chi connectivity index (χ0) is 21.9. The molecule has 6 heteroatoms. The van der Waals surface area contributed by atoms with Crippen molar-refractivity contribution in [2.75, 3.05) is 24.2 Å². The SMILES string of the molecule is CCCCCCCCCCCCCCCCCNc1cc(OCCC)nc(N)[n+]1[O-]. The van der Waals surface area contributed by atoms with Gasteiger partial charge in [0.2, 0.25) is 5.82 Å². The van der Waals surface area contributed by atoms with Crippen molar-refractivity contribution in [2.24, 2.45) is 0 Å². The van der Waals surface area contributed by atoms with Gasteiger partial charge in [0.25, 0.3) is 5.88 Å². The molecule has 0 bridgehead atoms. The Hall–Kier alpha value is -1.72. The van der Waals surface area contributed by atoms with Gasteiger partial charge in [-0.2, -0.15) is 0 Å². The first-order valence-electron chi connectivity index (χ1n) is 12.5. The van der Waals surface area contributed by atoms with Gasteiger partial charge in [-0.1, -0.05) is 109 Å². The van der Waals surface area contributed by atoms with Crippen LogP contribution in [0.5, 0.6) is 5.88 Å². The van der Waals surface area contributed by atoms with Gasteiger partial charge >= 0.3 is 5.95 Å². The van der Waals surface area contributed by atoms with Crippen molar-refractivity contribution in [1.29, 1.82) is 0 Å². The predicted octanol–water partition coefficient (Wildman–Crippen LogP) is 6.37. The number of ether oxygens (including phenoxy) is 1. The molecule has 0 aliphatic rings. The van der Waals surface area contributed by atoms with Crippen LogP contribution in [0.25, 0.3) is 0 Å². The molecular weight excluding hydrogens is 376 g/mol. The topological polar surface area (TPSA) is 87.1 Å². The van der Waals surface area contributed by atoms with Crippen LogP contribution in [0.15, 0.2) is 6.07 Å². The number of aromatic nitrogens is 2. The third-order valence-electron chi connectivity index (χ3n) is 5.45. The molecule has 1 aromatic rings. The van der Waals surface area contributed by atoms with Gasteiger partial charge in [0.05, 0.1) is 12.7 Å². The van der Waals surface area contributed by atoms with E-state index in [0.29, 0.717) is 23.0 Å². The number of nitrogens with one attached hydrogen (secondary N) is 1. The second kappa shape index (κ2) is 18.1. The van der Waals surface area contributed by atoms with Gasteiger partial charge in [-0.05, 0) is 12.8 Å². The summed E-state index contributed by atoms with van der Waals surface area (Å²) in [6, 6.07) is 1.63. The summed E-state index contributed by atoms with van der Waals surface area (Å²) in [5, 5.41) is 15.2. The van der Waals surface area contributed by atoms with Crippen molar-refractivity contribution in [2.45, 2.75) is 117 Å². The van der Waals surface area contributed by atoms with Crippen LogP contribution in [0.2, 0.25) is 0 Å². The number of nitrogen functional groups attached to an aromatic ring is 1. The highest BCUT2D eigenvalue weighted by Gasteiger charge is 2.11. The Bertz CT molecular complexity index is 540. The van der Waals surface area contributed by atoms with Gasteiger partial charge in [0, 0.05) is 6.54 Å². The minimum absolute atomic E-state index is 0.0809. The Morgan fingerprint density at radius 2 is 1.33 bits per heavy atom. The predicted molar refractivity (Wildman–Crippen MR) is 127 cm³/mol. The molecule has 174 valence electrons. The molecule has 1 heterocycles. The molecule has 0 aliphatic heterocycles. The summed E-state index contributed by atoms with van der Waals surface area (Å²) in [5.74, 6) is 0.738. The summed E-state index contributed by atoms with van der Waals surface area (Å²) in [6.45, 7) is 5.62. The summed E-state index contributed by atoms with van der Waals surface area (Å²) in [5.41, 5.74) is 5.67. The normalized spacial score (nSPS) is 11.0. The fourth-order valence-corrected chi connectivity index (χ4v) is 3.61. The third-order valence-corrected chi connectivity index (χ3v) is 5.45. The monoisotopic (exact) mass is 422 g/mol. The summed E-state index contributed by atoms with van der Waals surface area (Å²) >= 11 is 0. The largest absolute Gasteiger partial charge is 0.754 e. The first-order valence-corrected chi connectivity index (χ1v) is 12.5. The van der Waals surface area contributed by atoms with Crippen LogP contribution < -0.4 is 20.5 Å². The first-order chi connectivity index (χ1) is 14.7. The van der Waals surface area contributed by atoms with E-state index in [1.165, 1.54) is 89.9 Å². The minimum atomic E-state index is -0.0809. The molecule has 1 aromatic heterocycles. The first kappa shape index (κ1) is 26.3. The molecule has 30 heavy (non-hydrogen) atoms. The van der Waals surface area contributed by atoms with Crippen LogP contribution in [0.3, 0.4) is 0 Å². The standard InChI is InChI=1S/C24H46N4O2/c1-3-5-6-7-8-9-10-11-12-13-14-15-16-17-18-19-26-22-21-23(30-20-4-2)27-24(25)28(22)29/h21,26H,3-20H2,1-2H3,(H2,25,27). The smallest absolute Gasteiger partial charge is 0.347 e. The zero-order valence-corrected chi connectivity index (χ0v) is 19.6. The van der Waals surface area contributed by atoms with E-state index in [4.69, 9.17) is 10.5 Å². The Balaban J connectivity index is 1.97. The molecule has 0 spiro atoms. The number of hydrogen-bond acceptors (Lipinski definition) is 5. The van der Waals surface area contributed by atoms with Crippen molar-refractivity contribution in [3.63, 3.8) is 0 Å². The molecule has 0 aromatic carbocycles. The van der Waals surface area contributed by atoms with Crippen LogP contribution in [-0.2, 0) is 0 Å². The quantitative estimate of drug-likeness (QED) is 0.145. The number of rotatable bonds is 20. The maximum absolute atomic E-state index is 12.0. The van der Waals surface area contributed by atoms with Crippen LogP contribution in [0, 0.1) is 5.21 Å². The highest BCUT2D eigenvalue weighted by atomic mass is 16.5. The van der Waals surface area contributed by atoms with Gasteiger partial charge in [-0.3, -0.25) is 0 Å². The van der Waals surface area contributed by atoms with Crippen molar-refractivity contribution in [1.82, 2.24) is 4.98 Å². The van der Waals surface area contributed by atoms with E-state index in [0.717, 1.165) is 19.4 Å². The van der Waals surface area contributed by atoms with Gasteiger partial charge < -0.3 is 21.0 Å². The highest BCUT2D eigenvalue weighted by Crippen LogP contribution is 2.15. The summed E-state index contributed by atoms with van der Waals surface area (Å²) in [6.07, 6.45) is 21.1. The van der Waals surface area contributed by atoms with E-state index in [2.05, 4.69) is 17.2 Å². The Morgan fingerprint density at radius 3 is 1.83 bits per heavy atom. The molecule has 0 atom stereocenters. The lowest BCUT2D eigenvalue weighted by atomic mass is 10.0. The lowest BCUT2D eigenvalue weighted by Crippen LogP contribution is -2.36. The molecule has 3 N–H and O–H groups in total. The molecule has 0 unspecified atom stereocenters. The lowest BCUT2D eigenvalue weighted by Gasteiger charge is -2.14. The molecule has 0 aliphatic carbocycles. The molecule has 0 fully saturated rings. The lowest BCUT2D eigenvalue weighted by molar-refractivity contribution is -0.577. The number of hydrogen-bond donors (Lipinski definition) is 2. The van der Waals surface area contributed by atoms with E-state index < -0.39 is 0 Å². The molecule has 0 amide bonds. The van der Waals surface area contributed by atoms with Crippen LogP contribution >= 0.6 is 0 Å². The van der Waals surface area contributed by atoms with Gasteiger partial charge in [0.1, 0.15) is 0 Å². The van der Waals surface area contributed by atoms with E-state index in [1.54, 1.807) is 6.07 Å². The summed E-state index contributed by atoms with van der Waals surface area (Å²) in [7, 11) is 0. The van der Waals surface area contributed by atoms with Crippen molar-refractivity contribution in [3.8, 4) is 5.88 Å². The van der Waals surface area contributed by atoms with Crippen molar-refractivity contribution < 1.29 is 9.47 Å². The maximum Gasteiger partial charge on any atom is 0.347 e. The fraction of sp³-hybridized carbons (Fsp3) is 0.833. The fourth-order valence-electron chi connectivity index (χ4n) is 3.61. The molecule has 0 saturated carbocycles. The molecular formula is C24H46N4O2.